The summed E-state index contributed by atoms with van der Waals surface area (Å²) in [5, 5.41) is 15.1. The molecule has 8 heteroatoms. The smallest absolute Gasteiger partial charge is 0.433 e. The second-order valence-corrected chi connectivity index (χ2v) is 5.46. The van der Waals surface area contributed by atoms with E-state index >= 15 is 0 Å². The van der Waals surface area contributed by atoms with Crippen molar-refractivity contribution in [1.29, 1.82) is 0 Å². The summed E-state index contributed by atoms with van der Waals surface area (Å²) in [5.41, 5.74) is 0.588. The van der Waals surface area contributed by atoms with Crippen LogP contribution in [0.2, 0.25) is 0 Å². The van der Waals surface area contributed by atoms with Crippen LogP contribution in [0.4, 0.5) is 11.6 Å². The van der Waals surface area contributed by atoms with Crippen LogP contribution >= 0.6 is 0 Å². The molecule has 132 valence electrons. The number of nitrogens with zero attached hydrogens (tertiary/aromatic N) is 1. The second-order valence-electron chi connectivity index (χ2n) is 5.46. The molecular formula is C18H14N2O6. The van der Waals surface area contributed by atoms with Crippen LogP contribution in [0.3, 0.4) is 0 Å². The number of amides is 1. The summed E-state index contributed by atoms with van der Waals surface area (Å²) in [6.45, 7) is 1.40. The van der Waals surface area contributed by atoms with E-state index in [1.807, 2.05) is 30.3 Å². The lowest BCUT2D eigenvalue weighted by molar-refractivity contribution is -0.402. The quantitative estimate of drug-likeness (QED) is 0.426. The van der Waals surface area contributed by atoms with Gasteiger partial charge in [0, 0.05) is 11.1 Å². The topological polar surface area (TPSA) is 112 Å². The number of hydrogen-bond acceptors (Lipinski definition) is 6. The average Bonchev–Trinajstić information content (AvgIpc) is 3.12. The number of rotatable bonds is 5. The number of carbonyl (C=O) groups is 2. The number of nitro groups is 1. The number of nitrogens with one attached hydrogen (secondary N) is 1. The maximum absolute atomic E-state index is 12.3. The second kappa shape index (κ2) is 7.06. The summed E-state index contributed by atoms with van der Waals surface area (Å²) in [5.74, 6) is -2.42. The molecule has 3 aromatic rings. The van der Waals surface area contributed by atoms with Gasteiger partial charge in [0.05, 0.1) is 6.07 Å². The van der Waals surface area contributed by atoms with E-state index in [0.29, 0.717) is 5.69 Å². The number of fused-ring (bicyclic) bond motifs is 1. The zero-order chi connectivity index (χ0) is 18.7. The zero-order valence-electron chi connectivity index (χ0n) is 13.7. The molecule has 0 unspecified atom stereocenters. The fraction of sp³-hybridized carbons (Fsp3) is 0.111. The van der Waals surface area contributed by atoms with Crippen LogP contribution in [-0.4, -0.2) is 22.9 Å². The Kier molecular flexibility index (Phi) is 4.66. The Labute approximate surface area is 147 Å². The Balaban J connectivity index is 1.69. The minimum absolute atomic E-state index is 0.346. The highest BCUT2D eigenvalue weighted by Crippen LogP contribution is 2.23. The molecule has 1 atom stereocenters. The highest BCUT2D eigenvalue weighted by Gasteiger charge is 2.23. The molecule has 0 aliphatic heterocycles. The van der Waals surface area contributed by atoms with Crippen molar-refractivity contribution in [2.45, 2.75) is 13.0 Å². The standard InChI is InChI=1S/C18H14N2O6/c1-11(25-18(22)15-9-10-16(26-15)20(23)24)17(21)19-14-8-4-6-12-5-2-3-7-13(12)14/h2-11H,1H3,(H,19,21)/t11-/m1/s1. The van der Waals surface area contributed by atoms with E-state index < -0.39 is 28.8 Å². The number of benzene rings is 2. The van der Waals surface area contributed by atoms with Gasteiger partial charge >= 0.3 is 11.9 Å². The van der Waals surface area contributed by atoms with Crippen LogP contribution in [0.5, 0.6) is 0 Å². The summed E-state index contributed by atoms with van der Waals surface area (Å²) < 4.78 is 9.77. The van der Waals surface area contributed by atoms with Crippen LogP contribution in [0.1, 0.15) is 17.5 Å². The third-order valence-electron chi connectivity index (χ3n) is 3.67. The molecule has 26 heavy (non-hydrogen) atoms. The summed E-state index contributed by atoms with van der Waals surface area (Å²) >= 11 is 0. The van der Waals surface area contributed by atoms with Crippen LogP contribution in [0.25, 0.3) is 10.8 Å². The van der Waals surface area contributed by atoms with Crippen molar-refractivity contribution in [2.24, 2.45) is 0 Å². The van der Waals surface area contributed by atoms with Crippen LogP contribution in [-0.2, 0) is 9.53 Å². The fourth-order valence-electron chi connectivity index (χ4n) is 2.38. The van der Waals surface area contributed by atoms with Gasteiger partial charge in [-0.15, -0.1) is 0 Å². The normalized spacial score (nSPS) is 11.7. The summed E-state index contributed by atoms with van der Waals surface area (Å²) in [7, 11) is 0. The first-order valence-corrected chi connectivity index (χ1v) is 7.69. The van der Waals surface area contributed by atoms with Gasteiger partial charge in [-0.05, 0) is 24.4 Å². The zero-order valence-corrected chi connectivity index (χ0v) is 13.7. The van der Waals surface area contributed by atoms with Crippen molar-refractivity contribution in [3.05, 3.63) is 70.5 Å². The maximum Gasteiger partial charge on any atom is 0.433 e. The SMILES string of the molecule is C[C@@H](OC(=O)c1ccc([N+](=O)[O-])o1)C(=O)Nc1cccc2ccccc12. The number of carbonyl (C=O) groups excluding carboxylic acids is 2. The molecule has 1 heterocycles. The average molecular weight is 354 g/mol. The summed E-state index contributed by atoms with van der Waals surface area (Å²) in [4.78, 5) is 34.1. The Morgan fingerprint density at radius 3 is 2.58 bits per heavy atom. The predicted molar refractivity (Wildman–Crippen MR) is 92.8 cm³/mol. The molecule has 0 fully saturated rings. The highest BCUT2D eigenvalue weighted by molar-refractivity contribution is 6.04. The van der Waals surface area contributed by atoms with Crippen molar-refractivity contribution in [3.63, 3.8) is 0 Å². The van der Waals surface area contributed by atoms with Gasteiger partial charge in [0.25, 0.3) is 5.91 Å². The van der Waals surface area contributed by atoms with Gasteiger partial charge < -0.3 is 14.5 Å². The van der Waals surface area contributed by atoms with Gasteiger partial charge in [0.2, 0.25) is 5.76 Å². The van der Waals surface area contributed by atoms with E-state index in [-0.39, 0.29) is 5.76 Å². The maximum atomic E-state index is 12.3. The molecule has 1 N–H and O–H groups in total. The summed E-state index contributed by atoms with van der Waals surface area (Å²) in [6.07, 6.45) is -1.12. The number of hydrogen-bond donors (Lipinski definition) is 1. The van der Waals surface area contributed by atoms with Crippen molar-refractivity contribution in [3.8, 4) is 0 Å². The molecule has 2 aromatic carbocycles. The van der Waals surface area contributed by atoms with Gasteiger partial charge in [-0.25, -0.2) is 4.79 Å². The van der Waals surface area contributed by atoms with Crippen LogP contribution < -0.4 is 5.32 Å². The highest BCUT2D eigenvalue weighted by atomic mass is 16.7. The van der Waals surface area contributed by atoms with Gasteiger partial charge in [-0.3, -0.25) is 14.9 Å². The Hall–Kier alpha value is -3.68. The lowest BCUT2D eigenvalue weighted by Crippen LogP contribution is -2.30. The minimum atomic E-state index is -1.12. The first-order valence-electron chi connectivity index (χ1n) is 7.69. The van der Waals surface area contributed by atoms with E-state index in [1.54, 1.807) is 12.1 Å². The third-order valence-corrected chi connectivity index (χ3v) is 3.67. The van der Waals surface area contributed by atoms with E-state index in [0.717, 1.165) is 22.9 Å². The van der Waals surface area contributed by atoms with Gasteiger partial charge in [-0.2, -0.15) is 0 Å². The molecule has 1 aromatic heterocycles. The fourth-order valence-corrected chi connectivity index (χ4v) is 2.38. The van der Waals surface area contributed by atoms with Crippen molar-refractivity contribution in [2.75, 3.05) is 5.32 Å². The first-order chi connectivity index (χ1) is 12.5. The largest absolute Gasteiger partial charge is 0.447 e. The molecule has 0 aliphatic carbocycles. The van der Waals surface area contributed by atoms with Crippen molar-refractivity contribution >= 4 is 34.2 Å². The molecular weight excluding hydrogens is 340 g/mol. The van der Waals surface area contributed by atoms with E-state index in [1.165, 1.54) is 6.92 Å². The molecule has 0 aliphatic rings. The molecule has 3 rings (SSSR count). The molecule has 1 amide bonds. The van der Waals surface area contributed by atoms with Gasteiger partial charge in [-0.1, -0.05) is 36.4 Å². The molecule has 0 spiro atoms. The lowest BCUT2D eigenvalue weighted by Gasteiger charge is -2.14. The Morgan fingerprint density at radius 2 is 1.85 bits per heavy atom. The van der Waals surface area contributed by atoms with Crippen LogP contribution in [0.15, 0.2) is 59.0 Å². The predicted octanol–water partition coefficient (Wildman–Crippen LogP) is 3.53. The van der Waals surface area contributed by atoms with Gasteiger partial charge in [0.1, 0.15) is 4.92 Å². The molecule has 0 saturated carbocycles. The number of esters is 1. The lowest BCUT2D eigenvalue weighted by atomic mass is 10.1. The monoisotopic (exact) mass is 354 g/mol. The summed E-state index contributed by atoms with van der Waals surface area (Å²) in [6, 6.07) is 15.1. The van der Waals surface area contributed by atoms with Crippen LogP contribution in [0, 0.1) is 10.1 Å². The molecule has 0 radical (unpaired) electrons. The Morgan fingerprint density at radius 1 is 1.12 bits per heavy atom. The Bertz CT molecular complexity index is 989. The van der Waals surface area contributed by atoms with Gasteiger partial charge in [0.15, 0.2) is 6.10 Å². The number of anilines is 1. The van der Waals surface area contributed by atoms with E-state index in [9.17, 15) is 19.7 Å². The number of ether oxygens (including phenoxy) is 1. The minimum Gasteiger partial charge on any atom is -0.447 e. The van der Waals surface area contributed by atoms with Crippen molar-refractivity contribution < 1.29 is 23.7 Å². The van der Waals surface area contributed by atoms with E-state index in [4.69, 9.17) is 9.15 Å². The number of furan rings is 1. The molecule has 8 nitrogen and oxygen atoms in total. The molecule has 0 saturated heterocycles. The van der Waals surface area contributed by atoms with E-state index in [2.05, 4.69) is 5.32 Å². The third kappa shape index (κ3) is 3.54. The molecule has 0 bridgehead atoms. The van der Waals surface area contributed by atoms with Crippen molar-refractivity contribution in [1.82, 2.24) is 0 Å². The first kappa shape index (κ1) is 17.2.